The van der Waals surface area contributed by atoms with E-state index in [0.717, 1.165) is 24.3 Å². The van der Waals surface area contributed by atoms with Crippen molar-refractivity contribution in [3.05, 3.63) is 46.8 Å². The normalized spacial score (nSPS) is 25.8. The lowest BCUT2D eigenvalue weighted by atomic mass is 9.74. The predicted molar refractivity (Wildman–Crippen MR) is 101 cm³/mol. The van der Waals surface area contributed by atoms with Crippen molar-refractivity contribution in [2.45, 2.75) is 89.4 Å². The van der Waals surface area contributed by atoms with Gasteiger partial charge >= 0.3 is 0 Å². The summed E-state index contributed by atoms with van der Waals surface area (Å²) in [5, 5.41) is 0. The van der Waals surface area contributed by atoms with Gasteiger partial charge in [-0.05, 0) is 79.0 Å². The van der Waals surface area contributed by atoms with E-state index in [1.54, 1.807) is 6.07 Å². The van der Waals surface area contributed by atoms with Gasteiger partial charge in [0.15, 0.2) is 0 Å². The first kappa shape index (κ1) is 19.5. The Balaban J connectivity index is 1.50. The molecule has 0 nitrogen and oxygen atoms in total. The molecule has 0 heterocycles. The van der Waals surface area contributed by atoms with Gasteiger partial charge in [-0.2, -0.15) is 8.78 Å². The van der Waals surface area contributed by atoms with Crippen LogP contribution in [0.4, 0.5) is 13.2 Å². The van der Waals surface area contributed by atoms with Crippen LogP contribution in [0.3, 0.4) is 0 Å². The third kappa shape index (κ3) is 4.72. The van der Waals surface area contributed by atoms with Crippen LogP contribution < -0.4 is 0 Å². The van der Waals surface area contributed by atoms with Gasteiger partial charge in [0.25, 0.3) is 6.08 Å². The molecular formula is C23H31F3. The van der Waals surface area contributed by atoms with Crippen molar-refractivity contribution in [1.82, 2.24) is 0 Å². The van der Waals surface area contributed by atoms with Crippen LogP contribution in [0, 0.1) is 11.7 Å². The average molecular weight is 364 g/mol. The molecule has 2 fully saturated rings. The van der Waals surface area contributed by atoms with Crippen LogP contribution in [0.5, 0.6) is 0 Å². The molecule has 2 aliphatic rings. The molecular weight excluding hydrogens is 333 g/mol. The summed E-state index contributed by atoms with van der Waals surface area (Å²) >= 11 is 0. The molecule has 0 N–H and O–H groups in total. The van der Waals surface area contributed by atoms with Gasteiger partial charge in [0.1, 0.15) is 5.82 Å². The van der Waals surface area contributed by atoms with Crippen LogP contribution in [0.1, 0.15) is 101 Å². The fourth-order valence-electron chi connectivity index (χ4n) is 4.68. The summed E-state index contributed by atoms with van der Waals surface area (Å²) in [4.78, 5) is 0. The lowest BCUT2D eigenvalue weighted by Gasteiger charge is -2.31. The van der Waals surface area contributed by atoms with E-state index in [1.807, 2.05) is 12.1 Å². The molecule has 144 valence electrons. The van der Waals surface area contributed by atoms with Crippen LogP contribution in [0.15, 0.2) is 29.9 Å². The van der Waals surface area contributed by atoms with E-state index in [9.17, 15) is 13.2 Å². The number of rotatable bonds is 7. The molecule has 0 bridgehead atoms. The number of unbranched alkanes of at least 4 members (excludes halogenated alkanes) is 3. The van der Waals surface area contributed by atoms with Gasteiger partial charge < -0.3 is 0 Å². The van der Waals surface area contributed by atoms with E-state index >= 15 is 0 Å². The SMILES string of the molecule is CCCCCC[C@H]1CC[C@H](c2ccc(C3CC(=C(F)F)C3)c(F)c2)CC1. The predicted octanol–water partition coefficient (Wildman–Crippen LogP) is 8.10. The molecule has 0 spiro atoms. The highest BCUT2D eigenvalue weighted by Gasteiger charge is 2.31. The maximum Gasteiger partial charge on any atom is 0.269 e. The molecule has 3 rings (SSSR count). The van der Waals surface area contributed by atoms with Gasteiger partial charge in [0.05, 0.1) is 0 Å². The number of allylic oxidation sites excluding steroid dienone is 1. The number of hydrogen-bond acceptors (Lipinski definition) is 0. The number of benzene rings is 1. The minimum absolute atomic E-state index is 0.0700. The summed E-state index contributed by atoms with van der Waals surface area (Å²) in [5.41, 5.74) is 1.90. The van der Waals surface area contributed by atoms with Crippen LogP contribution in [-0.2, 0) is 0 Å². The maximum absolute atomic E-state index is 14.5. The summed E-state index contributed by atoms with van der Waals surface area (Å²) < 4.78 is 39.5. The van der Waals surface area contributed by atoms with Gasteiger partial charge in [-0.15, -0.1) is 0 Å². The van der Waals surface area contributed by atoms with Crippen LogP contribution in [0.25, 0.3) is 0 Å². The number of hydrogen-bond donors (Lipinski definition) is 0. The summed E-state index contributed by atoms with van der Waals surface area (Å²) in [6.45, 7) is 2.25. The summed E-state index contributed by atoms with van der Waals surface area (Å²) in [7, 11) is 0. The van der Waals surface area contributed by atoms with E-state index in [0.29, 0.717) is 24.3 Å². The van der Waals surface area contributed by atoms with Crippen molar-refractivity contribution in [3.63, 3.8) is 0 Å². The molecule has 0 saturated heterocycles. The van der Waals surface area contributed by atoms with E-state index in [1.165, 1.54) is 44.9 Å². The van der Waals surface area contributed by atoms with Gasteiger partial charge in [-0.25, -0.2) is 4.39 Å². The minimum Gasteiger partial charge on any atom is -0.207 e. The topological polar surface area (TPSA) is 0 Å². The van der Waals surface area contributed by atoms with Gasteiger partial charge in [-0.3, -0.25) is 0 Å². The minimum atomic E-state index is -1.58. The fraction of sp³-hybridized carbons (Fsp3) is 0.652. The van der Waals surface area contributed by atoms with Gasteiger partial charge in [0, 0.05) is 0 Å². The molecule has 26 heavy (non-hydrogen) atoms. The first-order valence-corrected chi connectivity index (χ1v) is 10.4. The van der Waals surface area contributed by atoms with Crippen molar-refractivity contribution >= 4 is 0 Å². The Hall–Kier alpha value is -1.25. The largest absolute Gasteiger partial charge is 0.269 e. The molecule has 0 unspecified atom stereocenters. The quantitative estimate of drug-likeness (QED) is 0.429. The molecule has 0 atom stereocenters. The Labute approximate surface area is 155 Å². The van der Waals surface area contributed by atoms with Crippen LogP contribution in [-0.4, -0.2) is 0 Å². The Kier molecular flexibility index (Phi) is 6.83. The molecule has 1 aromatic carbocycles. The van der Waals surface area contributed by atoms with Crippen molar-refractivity contribution < 1.29 is 13.2 Å². The third-order valence-corrected chi connectivity index (χ3v) is 6.50. The lowest BCUT2D eigenvalue weighted by molar-refractivity contribution is 0.301. The standard InChI is InChI=1S/C23H31F3/c1-2-3-4-5-6-16-7-9-17(10-8-16)18-11-12-21(22(24)15-18)19-13-20(14-19)23(25)26/h11-12,15-17,19H,2-10,13-14H2,1H3/t16-,17-. The highest BCUT2D eigenvalue weighted by molar-refractivity contribution is 5.35. The average Bonchev–Trinajstić information content (AvgIpc) is 2.59. The second-order valence-corrected chi connectivity index (χ2v) is 8.32. The van der Waals surface area contributed by atoms with Crippen molar-refractivity contribution in [1.29, 1.82) is 0 Å². The Morgan fingerprint density at radius 2 is 1.69 bits per heavy atom. The fourth-order valence-corrected chi connectivity index (χ4v) is 4.68. The Bertz CT molecular complexity index is 614. The van der Waals surface area contributed by atoms with Crippen LogP contribution in [0.2, 0.25) is 0 Å². The maximum atomic E-state index is 14.5. The Morgan fingerprint density at radius 3 is 2.31 bits per heavy atom. The van der Waals surface area contributed by atoms with E-state index in [-0.39, 0.29) is 17.3 Å². The van der Waals surface area contributed by atoms with E-state index < -0.39 is 6.08 Å². The molecule has 0 aromatic heterocycles. The van der Waals surface area contributed by atoms with Crippen molar-refractivity contribution in [2.75, 3.05) is 0 Å². The highest BCUT2D eigenvalue weighted by atomic mass is 19.3. The van der Waals surface area contributed by atoms with Crippen molar-refractivity contribution in [2.24, 2.45) is 5.92 Å². The summed E-state index contributed by atoms with van der Waals surface area (Å²) in [6.07, 6.45) is 10.5. The summed E-state index contributed by atoms with van der Waals surface area (Å²) in [6, 6.07) is 5.56. The summed E-state index contributed by atoms with van der Waals surface area (Å²) in [5.74, 6) is 1.04. The molecule has 3 heteroatoms. The monoisotopic (exact) mass is 364 g/mol. The lowest BCUT2D eigenvalue weighted by Crippen LogP contribution is -2.16. The molecule has 1 aromatic rings. The van der Waals surface area contributed by atoms with Crippen molar-refractivity contribution in [3.8, 4) is 0 Å². The van der Waals surface area contributed by atoms with Gasteiger partial charge in [0.2, 0.25) is 0 Å². The zero-order valence-corrected chi connectivity index (χ0v) is 15.9. The second-order valence-electron chi connectivity index (χ2n) is 8.32. The van der Waals surface area contributed by atoms with Crippen LogP contribution >= 0.6 is 0 Å². The Morgan fingerprint density at radius 1 is 0.962 bits per heavy atom. The second kappa shape index (κ2) is 9.10. The van der Waals surface area contributed by atoms with E-state index in [4.69, 9.17) is 0 Å². The molecule has 2 saturated carbocycles. The smallest absolute Gasteiger partial charge is 0.207 e. The first-order chi connectivity index (χ1) is 12.6. The zero-order chi connectivity index (χ0) is 18.5. The molecule has 0 amide bonds. The number of halogens is 3. The zero-order valence-electron chi connectivity index (χ0n) is 15.9. The highest BCUT2D eigenvalue weighted by Crippen LogP contribution is 2.45. The molecule has 0 radical (unpaired) electrons. The van der Waals surface area contributed by atoms with Gasteiger partial charge in [-0.1, -0.05) is 51.2 Å². The third-order valence-electron chi connectivity index (χ3n) is 6.50. The first-order valence-electron chi connectivity index (χ1n) is 10.4. The molecule has 0 aliphatic heterocycles. The van der Waals surface area contributed by atoms with E-state index in [2.05, 4.69) is 6.92 Å². The molecule has 2 aliphatic carbocycles.